The maximum atomic E-state index is 11.0. The van der Waals surface area contributed by atoms with Crippen LogP contribution in [0.15, 0.2) is 24.3 Å². The number of rotatable bonds is 10. The number of esters is 1. The zero-order valence-electron chi connectivity index (χ0n) is 12.9. The van der Waals surface area contributed by atoms with Crippen molar-refractivity contribution < 1.29 is 33.6 Å². The summed E-state index contributed by atoms with van der Waals surface area (Å²) in [5.74, 6) is 6.02. The summed E-state index contributed by atoms with van der Waals surface area (Å²) >= 11 is 1.89. The molecule has 0 unspecified atom stereocenters. The van der Waals surface area contributed by atoms with E-state index in [9.17, 15) is 4.79 Å². The van der Waals surface area contributed by atoms with E-state index in [2.05, 4.69) is 11.8 Å². The van der Waals surface area contributed by atoms with Crippen molar-refractivity contribution in [2.24, 2.45) is 0 Å². The summed E-state index contributed by atoms with van der Waals surface area (Å²) in [5, 5.41) is 0. The Labute approximate surface area is 139 Å². The normalized spacial score (nSPS) is 10.6. The Balaban J connectivity index is 3.47. The summed E-state index contributed by atoms with van der Waals surface area (Å²) < 4.78 is 11.1. The van der Waals surface area contributed by atoms with Crippen LogP contribution in [-0.4, -0.2) is 23.3 Å². The van der Waals surface area contributed by atoms with Gasteiger partial charge in [-0.1, -0.05) is 6.08 Å². The zero-order valence-corrected chi connectivity index (χ0v) is 14.9. The van der Waals surface area contributed by atoms with Crippen LogP contribution in [0.1, 0.15) is 46.0 Å². The van der Waals surface area contributed by atoms with Crippen molar-refractivity contribution in [2.75, 3.05) is 13.2 Å². The first-order valence-electron chi connectivity index (χ1n) is 7.25. The van der Waals surface area contributed by atoms with Gasteiger partial charge in [0.15, 0.2) is 0 Å². The van der Waals surface area contributed by atoms with E-state index in [1.165, 1.54) is 6.08 Å². The van der Waals surface area contributed by atoms with Crippen molar-refractivity contribution in [1.82, 2.24) is 0 Å². The predicted molar refractivity (Wildman–Crippen MR) is 82.4 cm³/mol. The average molecular weight is 372 g/mol. The van der Waals surface area contributed by atoms with E-state index in [-0.39, 0.29) is 5.97 Å². The molecule has 0 amide bonds. The summed E-state index contributed by atoms with van der Waals surface area (Å²) in [6, 6.07) is 0. The van der Waals surface area contributed by atoms with Crippen LogP contribution in [0.2, 0.25) is 0 Å². The summed E-state index contributed by atoms with van der Waals surface area (Å²) in [6.07, 6.45) is 11.8. The van der Waals surface area contributed by atoms with Crippen molar-refractivity contribution in [3.8, 4) is 11.8 Å². The molecule has 0 aliphatic carbocycles. The number of carbonyl (C=O) groups excluding carboxylic acids is 1. The molecule has 4 heteroatoms. The second-order valence-electron chi connectivity index (χ2n) is 4.23. The molecule has 0 bridgehead atoms. The maximum absolute atomic E-state index is 11.0. The van der Waals surface area contributed by atoms with Crippen LogP contribution in [0, 0.1) is 11.8 Å². The first-order valence-corrected chi connectivity index (χ1v) is 8.26. The number of hydrogen-bond donors (Lipinski definition) is 0. The van der Waals surface area contributed by atoms with Crippen molar-refractivity contribution >= 4 is 10.1 Å². The Morgan fingerprint density at radius 3 is 2.52 bits per heavy atom. The molecular weight excluding hydrogens is 348 g/mol. The fraction of sp³-hybridized carbons (Fsp3) is 0.529. The van der Waals surface area contributed by atoms with Gasteiger partial charge in [-0.25, -0.2) is 4.79 Å². The Morgan fingerprint density at radius 1 is 1.14 bits per heavy atom. The van der Waals surface area contributed by atoms with Gasteiger partial charge >= 0.3 is 104 Å². The molecule has 116 valence electrons. The molecule has 0 fully saturated rings. The Kier molecular flexibility index (Phi) is 14.7. The van der Waals surface area contributed by atoms with Crippen LogP contribution in [0.25, 0.3) is 0 Å². The van der Waals surface area contributed by atoms with Crippen LogP contribution in [-0.2, 0) is 33.6 Å². The zero-order chi connectivity index (χ0) is 15.8. The van der Waals surface area contributed by atoms with Gasteiger partial charge < -0.3 is 4.74 Å². The topological polar surface area (TPSA) is 35.5 Å². The van der Waals surface area contributed by atoms with Gasteiger partial charge in [0, 0.05) is 6.08 Å². The molecule has 0 saturated carbocycles. The van der Waals surface area contributed by atoms with Crippen LogP contribution in [0.3, 0.4) is 0 Å². The quantitative estimate of drug-likeness (QED) is 0.147. The Morgan fingerprint density at radius 2 is 1.86 bits per heavy atom. The second-order valence-corrected chi connectivity index (χ2v) is 5.64. The van der Waals surface area contributed by atoms with Crippen molar-refractivity contribution in [2.45, 2.75) is 46.0 Å². The summed E-state index contributed by atoms with van der Waals surface area (Å²) in [4.78, 5) is 11.0. The van der Waals surface area contributed by atoms with E-state index in [1.54, 1.807) is 13.0 Å². The SMILES string of the molecule is CCOC(=O)/C=C/C=C/CCCC#CCCCO[C](C)=[Mo]. The van der Waals surface area contributed by atoms with E-state index in [0.717, 1.165) is 42.8 Å². The molecule has 0 aliphatic heterocycles. The third kappa shape index (κ3) is 17.0. The van der Waals surface area contributed by atoms with E-state index in [0.29, 0.717) is 6.61 Å². The summed E-state index contributed by atoms with van der Waals surface area (Å²) in [7, 11) is 0. The number of allylic oxidation sites excluding steroid dienone is 3. The minimum atomic E-state index is -0.298. The van der Waals surface area contributed by atoms with Crippen molar-refractivity contribution in [1.29, 1.82) is 0 Å². The van der Waals surface area contributed by atoms with Gasteiger partial charge in [0.25, 0.3) is 0 Å². The molecule has 0 aromatic rings. The first kappa shape index (κ1) is 20.0. The number of unbranched alkanes of at least 4 members (excludes halogenated alkanes) is 3. The van der Waals surface area contributed by atoms with Crippen LogP contribution >= 0.6 is 0 Å². The van der Waals surface area contributed by atoms with Gasteiger partial charge in [0.05, 0.1) is 6.61 Å². The van der Waals surface area contributed by atoms with E-state index >= 15 is 0 Å². The Bertz CT molecular complexity index is 413. The average Bonchev–Trinajstić information content (AvgIpc) is 2.44. The fourth-order valence-electron chi connectivity index (χ4n) is 1.36. The van der Waals surface area contributed by atoms with Gasteiger partial charge in [-0.05, 0) is 6.92 Å². The van der Waals surface area contributed by atoms with Crippen molar-refractivity contribution in [3.05, 3.63) is 24.3 Å². The number of ether oxygens (including phenoxy) is 2. The molecule has 0 aromatic heterocycles. The van der Waals surface area contributed by atoms with Crippen LogP contribution < -0.4 is 0 Å². The van der Waals surface area contributed by atoms with Gasteiger partial charge in [-0.3, -0.25) is 0 Å². The van der Waals surface area contributed by atoms with E-state index in [4.69, 9.17) is 9.47 Å². The first-order chi connectivity index (χ1) is 10.2. The molecule has 0 heterocycles. The summed E-state index contributed by atoms with van der Waals surface area (Å²) in [6.45, 7) is 4.92. The minimum absolute atomic E-state index is 0.298. The van der Waals surface area contributed by atoms with Crippen LogP contribution in [0.4, 0.5) is 0 Å². The predicted octanol–water partition coefficient (Wildman–Crippen LogP) is 3.33. The van der Waals surface area contributed by atoms with E-state index < -0.39 is 0 Å². The number of hydrogen-bond acceptors (Lipinski definition) is 3. The summed E-state index contributed by atoms with van der Waals surface area (Å²) in [5.41, 5.74) is 0. The Hall–Kier alpha value is -0.972. The second kappa shape index (κ2) is 15.4. The van der Waals surface area contributed by atoms with Gasteiger partial charge in [-0.2, -0.15) is 0 Å². The molecule has 0 spiro atoms. The molecule has 21 heavy (non-hydrogen) atoms. The third-order valence-corrected chi connectivity index (χ3v) is 2.60. The van der Waals surface area contributed by atoms with Gasteiger partial charge in [-0.15, -0.1) is 0 Å². The molecule has 0 saturated heterocycles. The molecule has 0 radical (unpaired) electrons. The monoisotopic (exact) mass is 374 g/mol. The molecule has 0 atom stereocenters. The van der Waals surface area contributed by atoms with E-state index in [1.807, 2.05) is 38.4 Å². The number of carbonyl (C=O) groups is 1. The third-order valence-electron chi connectivity index (χ3n) is 2.32. The van der Waals surface area contributed by atoms with Crippen LogP contribution in [0.5, 0.6) is 0 Å². The molecule has 3 nitrogen and oxygen atoms in total. The standard InChI is InChI=1S/C17H24O3.Mo/c1-3-19-16-14-12-10-8-6-5-7-9-11-13-15-17(18)20-4-2;/h9,11,13,15H,4-7,12,14,16H2,1-2H3;/b11-9+,15-13+;. The molecule has 0 aromatic carbocycles. The van der Waals surface area contributed by atoms with Gasteiger partial charge in [0.1, 0.15) is 0 Å². The molecule has 0 N–H and O–H groups in total. The molecule has 0 aliphatic rings. The molecule has 0 rings (SSSR count). The molecular formula is C17H24MoO3. The van der Waals surface area contributed by atoms with Crippen molar-refractivity contribution in [3.63, 3.8) is 0 Å². The fourth-order valence-corrected chi connectivity index (χ4v) is 1.57. The van der Waals surface area contributed by atoms with Gasteiger partial charge in [0.2, 0.25) is 0 Å².